The first-order valence-corrected chi connectivity index (χ1v) is 14.8. The van der Waals surface area contributed by atoms with Crippen LogP contribution in [0, 0.1) is 17.3 Å². The van der Waals surface area contributed by atoms with E-state index in [1.807, 2.05) is 6.07 Å². The molecule has 0 radical (unpaired) electrons. The first-order valence-electron chi connectivity index (χ1n) is 14.8. The molecular weight excluding hydrogens is 477 g/mol. The van der Waals surface area contributed by atoms with Crippen molar-refractivity contribution in [1.82, 2.24) is 4.90 Å². The molecule has 6 atom stereocenters. The van der Waals surface area contributed by atoms with E-state index in [4.69, 9.17) is 9.47 Å². The van der Waals surface area contributed by atoms with Crippen LogP contribution in [-0.4, -0.2) is 43.3 Å². The number of hydrogen-bond donors (Lipinski definition) is 0. The van der Waals surface area contributed by atoms with Crippen LogP contribution in [0.2, 0.25) is 0 Å². The van der Waals surface area contributed by atoms with Gasteiger partial charge in [-0.25, -0.2) is 4.39 Å². The maximum Gasteiger partial charge on any atom is 0.308 e. The second kappa shape index (κ2) is 10.6. The van der Waals surface area contributed by atoms with Crippen molar-refractivity contribution < 1.29 is 18.7 Å². The standard InChI is InChI=1S/C33H42FNO3/c1-22(36)38-26-11-13-27-24(20-26)8-12-28-30-14-15-31(34)33(30,2)21-29(32(27)28)23-6-9-25(10-7-23)37-19-18-35-16-4-3-5-17-35/h6-7,9-11,13,20,28-32H,3-5,8,12,14-19,21H2,1-2H3/t28-,29+,30-,31+,32+,33-/m0/s1. The molecule has 2 aromatic rings. The lowest BCUT2D eigenvalue weighted by Gasteiger charge is -2.53. The SMILES string of the molecule is CC(=O)Oc1ccc2c(c1)CC[C@@H]1[C@@H]2[C@@H](c2ccc(OCCN3CCCCC3)cc2)C[C@]2(C)[C@H](F)CC[C@@H]12. The van der Waals surface area contributed by atoms with Crippen molar-refractivity contribution in [3.8, 4) is 11.5 Å². The van der Waals surface area contributed by atoms with E-state index in [2.05, 4.69) is 48.2 Å². The van der Waals surface area contributed by atoms with E-state index in [1.54, 1.807) is 0 Å². The van der Waals surface area contributed by atoms with Crippen LogP contribution in [0.5, 0.6) is 11.5 Å². The zero-order chi connectivity index (χ0) is 26.3. The molecule has 1 heterocycles. The molecule has 6 rings (SSSR count). The molecular formula is C33H42FNO3. The summed E-state index contributed by atoms with van der Waals surface area (Å²) < 4.78 is 27.0. The van der Waals surface area contributed by atoms with Gasteiger partial charge in [0, 0.05) is 18.9 Å². The highest BCUT2D eigenvalue weighted by Gasteiger charge is 2.58. The number of piperidine rings is 1. The number of carbonyl (C=O) groups is 1. The zero-order valence-corrected chi connectivity index (χ0v) is 23.0. The predicted molar refractivity (Wildman–Crippen MR) is 148 cm³/mol. The molecule has 1 saturated heterocycles. The van der Waals surface area contributed by atoms with Gasteiger partial charge in [0.1, 0.15) is 24.3 Å². The summed E-state index contributed by atoms with van der Waals surface area (Å²) >= 11 is 0. The monoisotopic (exact) mass is 519 g/mol. The summed E-state index contributed by atoms with van der Waals surface area (Å²) in [7, 11) is 0. The normalized spacial score (nSPS) is 32.7. The molecule has 1 aliphatic heterocycles. The number of benzene rings is 2. The minimum atomic E-state index is -0.721. The van der Waals surface area contributed by atoms with Gasteiger partial charge in [0.15, 0.2) is 0 Å². The van der Waals surface area contributed by atoms with Gasteiger partial charge in [0.25, 0.3) is 0 Å². The number of esters is 1. The summed E-state index contributed by atoms with van der Waals surface area (Å²) in [5.41, 5.74) is 3.68. The molecule has 204 valence electrons. The average Bonchev–Trinajstić information content (AvgIpc) is 3.22. The number of nitrogens with zero attached hydrogens (tertiary/aromatic N) is 1. The third kappa shape index (κ3) is 4.87. The summed E-state index contributed by atoms with van der Waals surface area (Å²) in [6, 6.07) is 14.9. The highest BCUT2D eigenvalue weighted by molar-refractivity contribution is 5.69. The lowest BCUT2D eigenvalue weighted by atomic mass is 9.51. The topological polar surface area (TPSA) is 38.8 Å². The van der Waals surface area contributed by atoms with Crippen LogP contribution in [0.3, 0.4) is 0 Å². The maximum atomic E-state index is 15.4. The Hall–Kier alpha value is -2.40. The number of aryl methyl sites for hydroxylation is 1. The zero-order valence-electron chi connectivity index (χ0n) is 23.0. The molecule has 3 aliphatic carbocycles. The van der Waals surface area contributed by atoms with Crippen LogP contribution in [0.4, 0.5) is 4.39 Å². The number of fused-ring (bicyclic) bond motifs is 5. The summed E-state index contributed by atoms with van der Waals surface area (Å²) in [4.78, 5) is 14.0. The van der Waals surface area contributed by atoms with Gasteiger partial charge in [0.05, 0.1) is 0 Å². The van der Waals surface area contributed by atoms with Crippen LogP contribution in [0.1, 0.15) is 87.3 Å². The molecule has 2 saturated carbocycles. The number of hydrogen-bond acceptors (Lipinski definition) is 4. The maximum absolute atomic E-state index is 15.4. The Bertz CT molecular complexity index is 1140. The Morgan fingerprint density at radius 1 is 1.03 bits per heavy atom. The Morgan fingerprint density at radius 2 is 1.79 bits per heavy atom. The van der Waals surface area contributed by atoms with E-state index in [1.165, 1.54) is 56.0 Å². The van der Waals surface area contributed by atoms with E-state index in [-0.39, 0.29) is 17.3 Å². The fraction of sp³-hybridized carbons (Fsp3) is 0.606. The lowest BCUT2D eigenvalue weighted by Crippen LogP contribution is -2.46. The first-order chi connectivity index (χ1) is 18.4. The first kappa shape index (κ1) is 25.9. The number of alkyl halides is 1. The van der Waals surface area contributed by atoms with Gasteiger partial charge in [-0.3, -0.25) is 9.69 Å². The lowest BCUT2D eigenvalue weighted by molar-refractivity contribution is -0.131. The van der Waals surface area contributed by atoms with Gasteiger partial charge >= 0.3 is 5.97 Å². The van der Waals surface area contributed by atoms with Crippen LogP contribution in [0.15, 0.2) is 42.5 Å². The van der Waals surface area contributed by atoms with Crippen LogP contribution in [0.25, 0.3) is 0 Å². The van der Waals surface area contributed by atoms with Gasteiger partial charge in [-0.05, 0) is 123 Å². The fourth-order valence-corrected chi connectivity index (χ4v) is 8.47. The Morgan fingerprint density at radius 3 is 2.55 bits per heavy atom. The summed E-state index contributed by atoms with van der Waals surface area (Å²) in [6.07, 6.45) is 7.82. The highest BCUT2D eigenvalue weighted by atomic mass is 19.1. The molecule has 2 aromatic carbocycles. The number of carbonyl (C=O) groups excluding carboxylic acids is 1. The van der Waals surface area contributed by atoms with Gasteiger partial charge < -0.3 is 9.47 Å². The van der Waals surface area contributed by atoms with Crippen LogP contribution >= 0.6 is 0 Å². The van der Waals surface area contributed by atoms with Crippen molar-refractivity contribution in [2.75, 3.05) is 26.2 Å². The predicted octanol–water partition coefficient (Wildman–Crippen LogP) is 7.06. The molecule has 0 spiro atoms. The van der Waals surface area contributed by atoms with Crippen molar-refractivity contribution in [2.24, 2.45) is 17.3 Å². The molecule has 3 fully saturated rings. The molecule has 0 aromatic heterocycles. The van der Waals surface area contributed by atoms with Crippen molar-refractivity contribution in [2.45, 2.75) is 83.2 Å². The Balaban J connectivity index is 1.25. The largest absolute Gasteiger partial charge is 0.492 e. The minimum absolute atomic E-state index is 0.259. The molecule has 4 aliphatic rings. The molecule has 5 heteroatoms. The fourth-order valence-electron chi connectivity index (χ4n) is 8.47. The van der Waals surface area contributed by atoms with E-state index in [0.717, 1.165) is 44.6 Å². The van der Waals surface area contributed by atoms with Crippen molar-refractivity contribution in [3.63, 3.8) is 0 Å². The van der Waals surface area contributed by atoms with Gasteiger partial charge in [-0.15, -0.1) is 0 Å². The van der Waals surface area contributed by atoms with E-state index >= 15 is 4.39 Å². The minimum Gasteiger partial charge on any atom is -0.492 e. The van der Waals surface area contributed by atoms with Crippen LogP contribution < -0.4 is 9.47 Å². The van der Waals surface area contributed by atoms with Gasteiger partial charge in [0.2, 0.25) is 0 Å². The highest BCUT2D eigenvalue weighted by Crippen LogP contribution is 2.65. The Labute approximate surface area is 226 Å². The third-order valence-electron chi connectivity index (χ3n) is 10.3. The molecule has 4 nitrogen and oxygen atoms in total. The Kier molecular flexibility index (Phi) is 7.24. The second-order valence-corrected chi connectivity index (χ2v) is 12.5. The van der Waals surface area contributed by atoms with Gasteiger partial charge in [-0.1, -0.05) is 31.5 Å². The van der Waals surface area contributed by atoms with Crippen molar-refractivity contribution in [3.05, 3.63) is 59.2 Å². The molecule has 38 heavy (non-hydrogen) atoms. The smallest absolute Gasteiger partial charge is 0.308 e. The van der Waals surface area contributed by atoms with Crippen LogP contribution in [-0.2, 0) is 11.2 Å². The van der Waals surface area contributed by atoms with Crippen molar-refractivity contribution >= 4 is 5.97 Å². The molecule has 0 amide bonds. The summed E-state index contributed by atoms with van der Waals surface area (Å²) in [5.74, 6) is 2.79. The van der Waals surface area contributed by atoms with E-state index in [9.17, 15) is 4.79 Å². The third-order valence-corrected chi connectivity index (χ3v) is 10.3. The molecule has 0 bridgehead atoms. The second-order valence-electron chi connectivity index (χ2n) is 12.5. The summed E-state index contributed by atoms with van der Waals surface area (Å²) in [6.45, 7) is 7.74. The van der Waals surface area contributed by atoms with Gasteiger partial charge in [-0.2, -0.15) is 0 Å². The quantitative estimate of drug-likeness (QED) is 0.302. The van der Waals surface area contributed by atoms with Crippen molar-refractivity contribution in [1.29, 1.82) is 0 Å². The molecule has 0 unspecified atom stereocenters. The summed E-state index contributed by atoms with van der Waals surface area (Å²) in [5, 5.41) is 0. The number of likely N-dealkylation sites (tertiary alicyclic amines) is 1. The van der Waals surface area contributed by atoms with E-state index < -0.39 is 6.17 Å². The number of halogens is 1. The van der Waals surface area contributed by atoms with E-state index in [0.29, 0.717) is 29.9 Å². The molecule has 0 N–H and O–H groups in total. The number of ether oxygens (including phenoxy) is 2. The average molecular weight is 520 g/mol. The number of rotatable bonds is 6.